The number of likely N-dealkylation sites (N-methyl/N-ethyl adjacent to an activating group) is 1. The van der Waals surface area contributed by atoms with E-state index in [1.807, 2.05) is 60.6 Å². The zero-order valence-electron chi connectivity index (χ0n) is 17.7. The average Bonchev–Trinajstić information content (AvgIpc) is 3.08. The molecule has 3 aromatic rings. The highest BCUT2D eigenvalue weighted by Crippen LogP contribution is 2.53. The van der Waals surface area contributed by atoms with Gasteiger partial charge in [0.05, 0.1) is 18.8 Å². The van der Waals surface area contributed by atoms with Crippen molar-refractivity contribution < 1.29 is 13.9 Å². The van der Waals surface area contributed by atoms with Gasteiger partial charge in [0.2, 0.25) is 5.91 Å². The van der Waals surface area contributed by atoms with Gasteiger partial charge in [0.15, 0.2) is 0 Å². The van der Waals surface area contributed by atoms with Gasteiger partial charge in [-0.1, -0.05) is 18.2 Å². The number of benzene rings is 2. The minimum atomic E-state index is -0.465. The minimum absolute atomic E-state index is 0.0989. The van der Waals surface area contributed by atoms with Crippen molar-refractivity contribution in [2.24, 2.45) is 0 Å². The van der Waals surface area contributed by atoms with Crippen molar-refractivity contribution in [1.82, 2.24) is 9.47 Å². The Kier molecular flexibility index (Phi) is 6.04. The molecule has 0 saturated heterocycles. The van der Waals surface area contributed by atoms with Crippen LogP contribution in [0.1, 0.15) is 31.6 Å². The first-order valence-electron chi connectivity index (χ1n) is 10.5. The number of thioether (sulfide) groups is 1. The molecule has 30 heavy (non-hydrogen) atoms. The number of hydrogen-bond acceptors (Lipinski definition) is 3. The van der Waals surface area contributed by atoms with E-state index in [0.29, 0.717) is 19.7 Å². The molecule has 0 radical (unpaired) electrons. The number of halogens is 1. The van der Waals surface area contributed by atoms with Crippen molar-refractivity contribution >= 4 is 28.6 Å². The van der Waals surface area contributed by atoms with Gasteiger partial charge in [-0.3, -0.25) is 4.79 Å². The first-order chi connectivity index (χ1) is 14.6. The van der Waals surface area contributed by atoms with E-state index in [1.165, 1.54) is 0 Å². The van der Waals surface area contributed by atoms with Gasteiger partial charge in [0.25, 0.3) is 0 Å². The maximum atomic E-state index is 13.6. The highest BCUT2D eigenvalue weighted by molar-refractivity contribution is 8.00. The summed E-state index contributed by atoms with van der Waals surface area (Å²) in [5.41, 5.74) is 3.93. The molecule has 1 aliphatic rings. The molecular weight excluding hydrogens is 399 g/mol. The van der Waals surface area contributed by atoms with Crippen LogP contribution in [-0.4, -0.2) is 41.7 Å². The molecule has 0 fully saturated rings. The van der Waals surface area contributed by atoms with Crippen LogP contribution >= 0.6 is 11.8 Å². The van der Waals surface area contributed by atoms with Crippen LogP contribution in [0.15, 0.2) is 47.4 Å². The molecule has 4 nitrogen and oxygen atoms in total. The molecule has 0 saturated carbocycles. The molecule has 0 aliphatic carbocycles. The Hall–Kier alpha value is -2.47. The lowest BCUT2D eigenvalue weighted by atomic mass is 10.00. The third-order valence-electron chi connectivity index (χ3n) is 5.64. The van der Waals surface area contributed by atoms with Crippen molar-refractivity contribution in [3.8, 4) is 17.0 Å². The molecule has 4 rings (SSSR count). The summed E-state index contributed by atoms with van der Waals surface area (Å²) >= 11 is 1.59. The van der Waals surface area contributed by atoms with E-state index in [0.717, 1.165) is 38.4 Å². The number of hydrogen-bond donors (Lipinski definition) is 0. The zero-order valence-corrected chi connectivity index (χ0v) is 18.5. The maximum absolute atomic E-state index is 13.6. The van der Waals surface area contributed by atoms with Crippen molar-refractivity contribution in [2.45, 2.75) is 37.5 Å². The summed E-state index contributed by atoms with van der Waals surface area (Å²) in [5.74, 6) is 0.866. The van der Waals surface area contributed by atoms with E-state index >= 15 is 0 Å². The smallest absolute Gasteiger partial charge is 0.240 e. The lowest BCUT2D eigenvalue weighted by Gasteiger charge is -2.29. The molecule has 158 valence electrons. The molecule has 1 amide bonds. The predicted octanol–water partition coefficient (Wildman–Crippen LogP) is 5.69. The molecule has 1 unspecified atom stereocenters. The lowest BCUT2D eigenvalue weighted by Crippen LogP contribution is -2.34. The van der Waals surface area contributed by atoms with Crippen LogP contribution in [-0.2, 0) is 11.3 Å². The van der Waals surface area contributed by atoms with E-state index < -0.39 is 6.67 Å². The lowest BCUT2D eigenvalue weighted by molar-refractivity contribution is -0.130. The van der Waals surface area contributed by atoms with Gasteiger partial charge in [0.1, 0.15) is 17.7 Å². The monoisotopic (exact) mass is 426 g/mol. The molecule has 1 aliphatic heterocycles. The van der Waals surface area contributed by atoms with Crippen LogP contribution in [0.3, 0.4) is 0 Å². The number of aromatic nitrogens is 1. The number of fused-ring (bicyclic) bond motifs is 5. The van der Waals surface area contributed by atoms with E-state index in [4.69, 9.17) is 4.74 Å². The number of rotatable bonds is 7. The number of alkyl halides is 1. The number of amides is 1. The number of carbonyl (C=O) groups excluding carboxylic acids is 1. The van der Waals surface area contributed by atoms with Crippen molar-refractivity contribution in [2.75, 3.05) is 26.4 Å². The summed E-state index contributed by atoms with van der Waals surface area (Å²) in [6.07, 6.45) is 0. The topological polar surface area (TPSA) is 34.5 Å². The first-order valence-corrected chi connectivity index (χ1v) is 11.4. The van der Waals surface area contributed by atoms with Crippen LogP contribution in [0.25, 0.3) is 22.2 Å². The highest BCUT2D eigenvalue weighted by Gasteiger charge is 2.37. The Morgan fingerprint density at radius 3 is 2.63 bits per heavy atom. The van der Waals surface area contributed by atoms with Gasteiger partial charge < -0.3 is 14.2 Å². The molecule has 1 aromatic heterocycles. The molecule has 0 spiro atoms. The van der Waals surface area contributed by atoms with Crippen LogP contribution < -0.4 is 4.74 Å². The molecule has 6 heteroatoms. The van der Waals surface area contributed by atoms with Crippen LogP contribution in [0.2, 0.25) is 0 Å². The number of aryl methyl sites for hydroxylation is 1. The molecule has 1 atom stereocenters. The Morgan fingerprint density at radius 2 is 1.93 bits per heavy atom. The van der Waals surface area contributed by atoms with Gasteiger partial charge in [-0.15, -0.1) is 11.8 Å². The highest BCUT2D eigenvalue weighted by atomic mass is 32.2. The summed E-state index contributed by atoms with van der Waals surface area (Å²) in [7, 11) is 0. The maximum Gasteiger partial charge on any atom is 0.240 e. The average molecular weight is 427 g/mol. The Labute approximate surface area is 181 Å². The van der Waals surface area contributed by atoms with Gasteiger partial charge in [-0.25, -0.2) is 4.39 Å². The summed E-state index contributed by atoms with van der Waals surface area (Å²) < 4.78 is 21.4. The van der Waals surface area contributed by atoms with Crippen LogP contribution in [0.4, 0.5) is 4.39 Å². The third-order valence-corrected chi connectivity index (χ3v) is 6.92. The van der Waals surface area contributed by atoms with E-state index in [-0.39, 0.29) is 17.7 Å². The Morgan fingerprint density at radius 1 is 1.17 bits per heavy atom. The zero-order chi connectivity index (χ0) is 21.3. The number of ether oxygens (including phenoxy) is 1. The summed E-state index contributed by atoms with van der Waals surface area (Å²) in [4.78, 5) is 16.5. The van der Waals surface area contributed by atoms with E-state index in [1.54, 1.807) is 11.8 Å². The molecule has 0 N–H and O–H groups in total. The number of nitrogens with zero attached hydrogens (tertiary/aromatic N) is 2. The second-order valence-electron chi connectivity index (χ2n) is 7.22. The fraction of sp³-hybridized carbons (Fsp3) is 0.375. The van der Waals surface area contributed by atoms with Gasteiger partial charge in [-0.05, 0) is 45.0 Å². The van der Waals surface area contributed by atoms with Crippen molar-refractivity contribution in [3.05, 3.63) is 48.0 Å². The first kappa shape index (κ1) is 20.8. The Bertz CT molecular complexity index is 1070. The fourth-order valence-electron chi connectivity index (χ4n) is 4.31. The van der Waals surface area contributed by atoms with Crippen molar-refractivity contribution in [3.63, 3.8) is 0 Å². The van der Waals surface area contributed by atoms with Crippen LogP contribution in [0, 0.1) is 0 Å². The number of carbonyl (C=O) groups is 1. The molecule has 0 bridgehead atoms. The van der Waals surface area contributed by atoms with E-state index in [2.05, 4.69) is 12.1 Å². The SMILES string of the molecule is CCOc1ccc2c(c1)c1c(n2CCF)-c2ccccc2SC1C(=O)N(CC)CC. The Balaban J connectivity index is 2.03. The van der Waals surface area contributed by atoms with Gasteiger partial charge >= 0.3 is 0 Å². The quantitative estimate of drug-likeness (QED) is 0.487. The fourth-order valence-corrected chi connectivity index (χ4v) is 5.62. The van der Waals surface area contributed by atoms with Crippen LogP contribution in [0.5, 0.6) is 5.75 Å². The molecular formula is C24H27FN2O2S. The van der Waals surface area contributed by atoms with Gasteiger partial charge in [0, 0.05) is 40.0 Å². The minimum Gasteiger partial charge on any atom is -0.494 e. The molecule has 2 heterocycles. The predicted molar refractivity (Wildman–Crippen MR) is 121 cm³/mol. The normalized spacial score (nSPS) is 15.0. The largest absolute Gasteiger partial charge is 0.494 e. The standard InChI is InChI=1S/C24H27FN2O2S/c1-4-26(5-2)24(28)23-21-18-15-16(29-6-3)11-12-19(18)27(14-13-25)22(21)17-9-7-8-10-20(17)30-23/h7-12,15,23H,4-6,13-14H2,1-3H3. The van der Waals surface area contributed by atoms with Gasteiger partial charge in [-0.2, -0.15) is 0 Å². The van der Waals surface area contributed by atoms with E-state index in [9.17, 15) is 9.18 Å². The summed E-state index contributed by atoms with van der Waals surface area (Å²) in [6.45, 7) is 7.64. The summed E-state index contributed by atoms with van der Waals surface area (Å²) in [5, 5.41) is 0.604. The second-order valence-corrected chi connectivity index (χ2v) is 8.37. The summed E-state index contributed by atoms with van der Waals surface area (Å²) in [6, 6.07) is 14.0. The second kappa shape index (κ2) is 8.72. The molecule has 2 aromatic carbocycles. The van der Waals surface area contributed by atoms with Crippen molar-refractivity contribution in [1.29, 1.82) is 0 Å². The third kappa shape index (κ3) is 3.37.